The van der Waals surface area contributed by atoms with Gasteiger partial charge in [0.1, 0.15) is 5.75 Å². The number of sulfone groups is 1. The van der Waals surface area contributed by atoms with Crippen LogP contribution in [0.3, 0.4) is 0 Å². The average Bonchev–Trinajstić information content (AvgIpc) is 2.48. The molecule has 0 aromatic heterocycles. The predicted molar refractivity (Wildman–Crippen MR) is 92.8 cm³/mol. The largest absolute Gasteiger partial charge is 0.494 e. The fourth-order valence-corrected chi connectivity index (χ4v) is 2.42. The van der Waals surface area contributed by atoms with Crippen LogP contribution in [0.4, 0.5) is 0 Å². The highest BCUT2D eigenvalue weighted by molar-refractivity contribution is 7.90. The number of carbonyl (C=O) groups excluding carboxylic acids is 1. The normalized spacial score (nSPS) is 10.7. The number of nitrogens with two attached hydrogens (primary N) is 1. The lowest BCUT2D eigenvalue weighted by Crippen LogP contribution is -2.25. The number of hydrogen-bond acceptors (Lipinski definition) is 5. The molecule has 0 bridgehead atoms. The fraction of sp³-hybridized carbons (Fsp3) is 0.533. The zero-order valence-corrected chi connectivity index (χ0v) is 14.9. The monoisotopic (exact) mass is 364 g/mol. The van der Waals surface area contributed by atoms with Crippen molar-refractivity contribution in [2.24, 2.45) is 5.73 Å². The van der Waals surface area contributed by atoms with Gasteiger partial charge in [0.2, 0.25) is 5.91 Å². The summed E-state index contributed by atoms with van der Waals surface area (Å²) in [6, 6.07) is 6.25. The summed E-state index contributed by atoms with van der Waals surface area (Å²) in [5.74, 6) is 0.601. The minimum atomic E-state index is -3.19. The Bertz CT molecular complexity index is 561. The molecule has 0 spiro atoms. The number of amides is 1. The van der Waals surface area contributed by atoms with Crippen LogP contribution in [0.2, 0.25) is 0 Å². The Labute approximate surface area is 144 Å². The van der Waals surface area contributed by atoms with Gasteiger partial charge in [-0.1, -0.05) is 0 Å². The Hall–Kier alpha value is -1.31. The Kier molecular flexibility index (Phi) is 10.6. The van der Waals surface area contributed by atoms with Crippen molar-refractivity contribution in [1.29, 1.82) is 0 Å². The third-order valence-electron chi connectivity index (χ3n) is 3.02. The van der Waals surface area contributed by atoms with Gasteiger partial charge in [0.25, 0.3) is 0 Å². The summed E-state index contributed by atoms with van der Waals surface area (Å²) in [6.45, 7) is 1.71. The molecule has 1 amide bonds. The van der Waals surface area contributed by atoms with Crippen LogP contribution in [0.1, 0.15) is 25.7 Å². The van der Waals surface area contributed by atoms with Gasteiger partial charge in [-0.2, -0.15) is 0 Å². The second kappa shape index (κ2) is 11.3. The smallest absolute Gasteiger partial charge is 0.220 e. The number of benzene rings is 1. The van der Waals surface area contributed by atoms with E-state index < -0.39 is 9.84 Å². The number of unbranched alkanes of at least 4 members (excludes halogenated alkanes) is 1. The second-order valence-electron chi connectivity index (χ2n) is 5.04. The molecule has 0 radical (unpaired) electrons. The molecule has 6 nitrogen and oxygen atoms in total. The van der Waals surface area contributed by atoms with E-state index in [-0.39, 0.29) is 23.2 Å². The van der Waals surface area contributed by atoms with Crippen molar-refractivity contribution in [1.82, 2.24) is 5.32 Å². The summed E-state index contributed by atoms with van der Waals surface area (Å²) in [5.41, 5.74) is 5.37. The molecule has 0 saturated heterocycles. The topological polar surface area (TPSA) is 98.5 Å². The zero-order valence-electron chi connectivity index (χ0n) is 13.3. The van der Waals surface area contributed by atoms with E-state index in [1.807, 2.05) is 0 Å². The maximum atomic E-state index is 11.5. The lowest BCUT2D eigenvalue weighted by Gasteiger charge is -2.07. The molecular formula is C15H25ClN2O4S. The first-order valence-electron chi connectivity index (χ1n) is 7.33. The molecule has 0 aliphatic rings. The molecule has 1 rings (SSSR count). The SMILES string of the molecule is CS(=O)(=O)c1ccc(OCCCC(=O)NCCCCN)cc1.Cl. The predicted octanol–water partition coefficient (Wildman–Crippen LogP) is 1.53. The van der Waals surface area contributed by atoms with Crippen molar-refractivity contribution in [2.75, 3.05) is 26.0 Å². The van der Waals surface area contributed by atoms with E-state index in [1.54, 1.807) is 12.1 Å². The van der Waals surface area contributed by atoms with Crippen molar-refractivity contribution >= 4 is 28.2 Å². The maximum Gasteiger partial charge on any atom is 0.220 e. The van der Waals surface area contributed by atoms with Crippen LogP contribution in [-0.2, 0) is 14.6 Å². The summed E-state index contributed by atoms with van der Waals surface area (Å²) in [7, 11) is -3.19. The summed E-state index contributed by atoms with van der Waals surface area (Å²) in [5, 5.41) is 2.82. The number of halogens is 1. The van der Waals surface area contributed by atoms with Gasteiger partial charge in [0.05, 0.1) is 11.5 Å². The molecule has 0 aliphatic heterocycles. The van der Waals surface area contributed by atoms with Crippen LogP contribution in [0.5, 0.6) is 5.75 Å². The van der Waals surface area contributed by atoms with Crippen molar-refractivity contribution in [3.05, 3.63) is 24.3 Å². The number of ether oxygens (including phenoxy) is 1. The molecular weight excluding hydrogens is 340 g/mol. The minimum absolute atomic E-state index is 0. The lowest BCUT2D eigenvalue weighted by molar-refractivity contribution is -0.121. The molecule has 23 heavy (non-hydrogen) atoms. The van der Waals surface area contributed by atoms with Gasteiger partial charge in [-0.05, 0) is 50.1 Å². The summed E-state index contributed by atoms with van der Waals surface area (Å²) < 4.78 is 28.1. The van der Waals surface area contributed by atoms with E-state index in [1.165, 1.54) is 12.1 Å². The van der Waals surface area contributed by atoms with Crippen molar-refractivity contribution in [3.8, 4) is 5.75 Å². The van der Waals surface area contributed by atoms with Gasteiger partial charge in [-0.25, -0.2) is 8.42 Å². The molecule has 0 heterocycles. The Balaban J connectivity index is 0.00000484. The van der Waals surface area contributed by atoms with E-state index in [0.717, 1.165) is 19.1 Å². The summed E-state index contributed by atoms with van der Waals surface area (Å²) in [4.78, 5) is 11.8. The maximum absolute atomic E-state index is 11.5. The molecule has 0 unspecified atom stereocenters. The molecule has 3 N–H and O–H groups in total. The molecule has 0 saturated carbocycles. The van der Waals surface area contributed by atoms with E-state index in [2.05, 4.69) is 5.32 Å². The first-order valence-corrected chi connectivity index (χ1v) is 9.22. The van der Waals surface area contributed by atoms with Crippen LogP contribution in [0.25, 0.3) is 0 Å². The summed E-state index contributed by atoms with van der Waals surface area (Å²) >= 11 is 0. The minimum Gasteiger partial charge on any atom is -0.494 e. The van der Waals surface area contributed by atoms with Gasteiger partial charge in [-0.3, -0.25) is 4.79 Å². The highest BCUT2D eigenvalue weighted by atomic mass is 35.5. The van der Waals surface area contributed by atoms with E-state index in [0.29, 0.717) is 38.3 Å². The Morgan fingerprint density at radius 3 is 2.39 bits per heavy atom. The Morgan fingerprint density at radius 1 is 1.17 bits per heavy atom. The first-order chi connectivity index (χ1) is 10.4. The molecule has 1 aromatic carbocycles. The van der Waals surface area contributed by atoms with Crippen LogP contribution in [0, 0.1) is 0 Å². The van der Waals surface area contributed by atoms with Gasteiger partial charge in [0, 0.05) is 19.2 Å². The third kappa shape index (κ3) is 9.43. The van der Waals surface area contributed by atoms with Gasteiger partial charge >= 0.3 is 0 Å². The number of nitrogens with one attached hydrogen (secondary N) is 1. The first kappa shape index (κ1) is 21.7. The quantitative estimate of drug-likeness (QED) is 0.613. The fourth-order valence-electron chi connectivity index (χ4n) is 1.79. The van der Waals surface area contributed by atoms with E-state index in [9.17, 15) is 13.2 Å². The van der Waals surface area contributed by atoms with Gasteiger partial charge < -0.3 is 15.8 Å². The van der Waals surface area contributed by atoms with Crippen LogP contribution >= 0.6 is 12.4 Å². The van der Waals surface area contributed by atoms with Crippen LogP contribution in [-0.4, -0.2) is 40.3 Å². The molecule has 8 heteroatoms. The van der Waals surface area contributed by atoms with Crippen molar-refractivity contribution < 1.29 is 17.9 Å². The number of carbonyl (C=O) groups is 1. The van der Waals surface area contributed by atoms with Crippen molar-refractivity contribution in [2.45, 2.75) is 30.6 Å². The Morgan fingerprint density at radius 2 is 1.83 bits per heavy atom. The highest BCUT2D eigenvalue weighted by Gasteiger charge is 2.06. The standard InChI is InChI=1S/C15H24N2O4S.ClH/c1-22(19,20)14-8-6-13(7-9-14)21-12-4-5-15(18)17-11-3-2-10-16;/h6-9H,2-5,10-12,16H2,1H3,(H,17,18);1H. The van der Waals surface area contributed by atoms with Crippen LogP contribution in [0.15, 0.2) is 29.2 Å². The molecule has 0 fully saturated rings. The molecule has 0 aliphatic carbocycles. The molecule has 0 atom stereocenters. The van der Waals surface area contributed by atoms with Gasteiger partial charge in [-0.15, -0.1) is 12.4 Å². The highest BCUT2D eigenvalue weighted by Crippen LogP contribution is 2.16. The van der Waals surface area contributed by atoms with Crippen LogP contribution < -0.4 is 15.8 Å². The van der Waals surface area contributed by atoms with Crippen molar-refractivity contribution in [3.63, 3.8) is 0 Å². The number of hydrogen-bond donors (Lipinski definition) is 2. The molecule has 132 valence electrons. The van der Waals surface area contributed by atoms with E-state index in [4.69, 9.17) is 10.5 Å². The van der Waals surface area contributed by atoms with E-state index >= 15 is 0 Å². The average molecular weight is 365 g/mol. The third-order valence-corrected chi connectivity index (χ3v) is 4.15. The summed E-state index contributed by atoms with van der Waals surface area (Å²) in [6.07, 6.45) is 3.98. The van der Waals surface area contributed by atoms with Gasteiger partial charge in [0.15, 0.2) is 9.84 Å². The molecule has 1 aromatic rings. The zero-order chi connectivity index (χ0) is 16.4. The second-order valence-corrected chi connectivity index (χ2v) is 7.06. The number of rotatable bonds is 10. The lowest BCUT2D eigenvalue weighted by atomic mass is 10.3.